The van der Waals surface area contributed by atoms with E-state index in [2.05, 4.69) is 62.5 Å². The molecule has 0 radical (unpaired) electrons. The van der Waals surface area contributed by atoms with Gasteiger partial charge in [-0.1, -0.05) is 38.1 Å². The fourth-order valence-electron chi connectivity index (χ4n) is 2.21. The Hall–Kier alpha value is -1.12. The second-order valence-electron chi connectivity index (χ2n) is 4.49. The SMILES string of the molecule is CCNC(C)c1ccc(-c2ccccc2CC)s1. The summed E-state index contributed by atoms with van der Waals surface area (Å²) in [4.78, 5) is 2.80. The minimum Gasteiger partial charge on any atom is -0.310 e. The van der Waals surface area contributed by atoms with Gasteiger partial charge in [0.05, 0.1) is 0 Å². The molecule has 0 aliphatic heterocycles. The molecule has 0 aliphatic carbocycles. The van der Waals surface area contributed by atoms with Gasteiger partial charge in [-0.25, -0.2) is 0 Å². The highest BCUT2D eigenvalue weighted by Gasteiger charge is 2.10. The molecule has 18 heavy (non-hydrogen) atoms. The van der Waals surface area contributed by atoms with Crippen LogP contribution in [0.4, 0.5) is 0 Å². The first-order valence-corrected chi connectivity index (χ1v) is 7.49. The molecule has 0 fully saturated rings. The molecule has 2 heteroatoms. The van der Waals surface area contributed by atoms with Crippen molar-refractivity contribution in [3.8, 4) is 10.4 Å². The van der Waals surface area contributed by atoms with Crippen LogP contribution in [0.2, 0.25) is 0 Å². The zero-order chi connectivity index (χ0) is 13.0. The maximum absolute atomic E-state index is 3.47. The minimum absolute atomic E-state index is 0.447. The zero-order valence-corrected chi connectivity index (χ0v) is 12.2. The molecule has 0 amide bonds. The Morgan fingerprint density at radius 2 is 1.89 bits per heavy atom. The van der Waals surface area contributed by atoms with Crippen molar-refractivity contribution in [3.63, 3.8) is 0 Å². The molecule has 1 nitrogen and oxygen atoms in total. The second-order valence-corrected chi connectivity index (χ2v) is 5.61. The molecule has 1 unspecified atom stereocenters. The molecule has 1 aromatic heterocycles. The van der Waals surface area contributed by atoms with Crippen LogP contribution in [0.5, 0.6) is 0 Å². The van der Waals surface area contributed by atoms with Crippen LogP contribution >= 0.6 is 11.3 Å². The Kier molecular flexibility index (Phi) is 4.56. The summed E-state index contributed by atoms with van der Waals surface area (Å²) in [5.41, 5.74) is 2.82. The molecular weight excluding hydrogens is 238 g/mol. The number of nitrogens with one attached hydrogen (secondary N) is 1. The Bertz CT molecular complexity index is 501. The molecule has 0 saturated heterocycles. The molecule has 0 saturated carbocycles. The Labute approximate surface area is 114 Å². The van der Waals surface area contributed by atoms with Gasteiger partial charge in [0.15, 0.2) is 0 Å². The Balaban J connectivity index is 2.29. The molecule has 0 aliphatic rings. The Morgan fingerprint density at radius 3 is 2.61 bits per heavy atom. The molecule has 2 rings (SSSR count). The molecule has 2 aromatic rings. The molecule has 96 valence electrons. The number of hydrogen-bond donors (Lipinski definition) is 1. The third-order valence-electron chi connectivity index (χ3n) is 3.23. The van der Waals surface area contributed by atoms with Crippen LogP contribution < -0.4 is 5.32 Å². The second kappa shape index (κ2) is 6.17. The van der Waals surface area contributed by atoms with Crippen LogP contribution in [-0.2, 0) is 6.42 Å². The summed E-state index contributed by atoms with van der Waals surface area (Å²) in [6.07, 6.45) is 1.09. The average molecular weight is 259 g/mol. The number of aryl methyl sites for hydroxylation is 1. The van der Waals surface area contributed by atoms with Crippen molar-refractivity contribution in [2.24, 2.45) is 0 Å². The van der Waals surface area contributed by atoms with Gasteiger partial charge < -0.3 is 5.32 Å². The number of thiophene rings is 1. The van der Waals surface area contributed by atoms with Crippen molar-refractivity contribution >= 4 is 11.3 Å². The summed E-state index contributed by atoms with van der Waals surface area (Å²) in [5.74, 6) is 0. The van der Waals surface area contributed by atoms with Gasteiger partial charge >= 0.3 is 0 Å². The van der Waals surface area contributed by atoms with Crippen molar-refractivity contribution in [2.75, 3.05) is 6.54 Å². The number of rotatable bonds is 5. The maximum Gasteiger partial charge on any atom is 0.0386 e. The van der Waals surface area contributed by atoms with E-state index in [1.165, 1.54) is 20.9 Å². The topological polar surface area (TPSA) is 12.0 Å². The van der Waals surface area contributed by atoms with Gasteiger partial charge in [0.25, 0.3) is 0 Å². The van der Waals surface area contributed by atoms with Gasteiger partial charge in [-0.05, 0) is 43.1 Å². The van der Waals surface area contributed by atoms with E-state index in [-0.39, 0.29) is 0 Å². The molecule has 1 aromatic carbocycles. The third kappa shape index (κ3) is 2.82. The van der Waals surface area contributed by atoms with Gasteiger partial charge in [0.1, 0.15) is 0 Å². The van der Waals surface area contributed by atoms with Gasteiger partial charge in [-0.2, -0.15) is 0 Å². The maximum atomic E-state index is 3.47. The van der Waals surface area contributed by atoms with Crippen LogP contribution in [0.25, 0.3) is 10.4 Å². The van der Waals surface area contributed by atoms with E-state index in [4.69, 9.17) is 0 Å². The predicted octanol–water partition coefficient (Wildman–Crippen LogP) is 4.65. The summed E-state index contributed by atoms with van der Waals surface area (Å²) >= 11 is 1.90. The largest absolute Gasteiger partial charge is 0.310 e. The van der Waals surface area contributed by atoms with Gasteiger partial charge in [0.2, 0.25) is 0 Å². The summed E-state index contributed by atoms with van der Waals surface area (Å²) in [7, 11) is 0. The van der Waals surface area contributed by atoms with Crippen molar-refractivity contribution in [1.82, 2.24) is 5.32 Å². The first kappa shape index (κ1) is 13.3. The quantitative estimate of drug-likeness (QED) is 0.824. The van der Waals surface area contributed by atoms with Gasteiger partial charge in [0, 0.05) is 15.8 Å². The monoisotopic (exact) mass is 259 g/mol. The van der Waals surface area contributed by atoms with Crippen molar-refractivity contribution in [3.05, 3.63) is 46.8 Å². The van der Waals surface area contributed by atoms with Crippen LogP contribution in [-0.4, -0.2) is 6.54 Å². The lowest BCUT2D eigenvalue weighted by Gasteiger charge is -2.09. The summed E-state index contributed by atoms with van der Waals surface area (Å²) in [6.45, 7) is 7.61. The molecule has 1 heterocycles. The van der Waals surface area contributed by atoms with Gasteiger partial charge in [-0.3, -0.25) is 0 Å². The fraction of sp³-hybridized carbons (Fsp3) is 0.375. The first-order valence-electron chi connectivity index (χ1n) is 6.67. The molecular formula is C16H21NS. The smallest absolute Gasteiger partial charge is 0.0386 e. The lowest BCUT2D eigenvalue weighted by molar-refractivity contribution is 0.607. The van der Waals surface area contributed by atoms with Crippen LogP contribution in [0, 0.1) is 0 Å². The molecule has 1 N–H and O–H groups in total. The summed E-state index contributed by atoms with van der Waals surface area (Å²) < 4.78 is 0. The van der Waals surface area contributed by atoms with E-state index in [9.17, 15) is 0 Å². The standard InChI is InChI=1S/C16H21NS/c1-4-13-8-6-7-9-14(13)16-11-10-15(18-16)12(3)17-5-2/h6-12,17H,4-5H2,1-3H3. The number of hydrogen-bond acceptors (Lipinski definition) is 2. The molecule has 1 atom stereocenters. The van der Waals surface area contributed by atoms with Crippen LogP contribution in [0.3, 0.4) is 0 Å². The van der Waals surface area contributed by atoms with E-state index in [1.807, 2.05) is 11.3 Å². The average Bonchev–Trinajstić information content (AvgIpc) is 2.88. The Morgan fingerprint density at radius 1 is 1.11 bits per heavy atom. The number of benzene rings is 1. The first-order chi connectivity index (χ1) is 8.76. The fourth-order valence-corrected chi connectivity index (χ4v) is 3.30. The predicted molar refractivity (Wildman–Crippen MR) is 81.2 cm³/mol. The van der Waals surface area contributed by atoms with E-state index in [1.54, 1.807) is 0 Å². The van der Waals surface area contributed by atoms with E-state index >= 15 is 0 Å². The minimum atomic E-state index is 0.447. The van der Waals surface area contributed by atoms with Crippen LogP contribution in [0.15, 0.2) is 36.4 Å². The van der Waals surface area contributed by atoms with Gasteiger partial charge in [-0.15, -0.1) is 11.3 Å². The highest BCUT2D eigenvalue weighted by molar-refractivity contribution is 7.15. The van der Waals surface area contributed by atoms with E-state index < -0.39 is 0 Å². The zero-order valence-electron chi connectivity index (χ0n) is 11.4. The lowest BCUT2D eigenvalue weighted by atomic mass is 10.0. The highest BCUT2D eigenvalue weighted by atomic mass is 32.1. The van der Waals surface area contributed by atoms with E-state index in [0.717, 1.165) is 13.0 Å². The summed E-state index contributed by atoms with van der Waals surface area (Å²) in [5, 5.41) is 3.47. The molecule has 0 spiro atoms. The van der Waals surface area contributed by atoms with E-state index in [0.29, 0.717) is 6.04 Å². The summed E-state index contributed by atoms with van der Waals surface area (Å²) in [6, 6.07) is 13.7. The van der Waals surface area contributed by atoms with Crippen molar-refractivity contribution in [2.45, 2.75) is 33.2 Å². The van der Waals surface area contributed by atoms with Crippen molar-refractivity contribution in [1.29, 1.82) is 0 Å². The highest BCUT2D eigenvalue weighted by Crippen LogP contribution is 2.33. The molecule has 0 bridgehead atoms. The lowest BCUT2D eigenvalue weighted by Crippen LogP contribution is -2.16. The third-order valence-corrected chi connectivity index (χ3v) is 4.53. The van der Waals surface area contributed by atoms with Crippen LogP contribution in [0.1, 0.15) is 37.3 Å². The van der Waals surface area contributed by atoms with Crippen molar-refractivity contribution < 1.29 is 0 Å². The normalized spacial score (nSPS) is 12.6.